The third-order valence-corrected chi connectivity index (χ3v) is 4.72. The van der Waals surface area contributed by atoms with Gasteiger partial charge < -0.3 is 9.64 Å². The lowest BCUT2D eigenvalue weighted by Crippen LogP contribution is -2.50. The maximum atomic E-state index is 5.31. The average molecular weight is 290 g/mol. The number of anilines is 1. The normalized spacial score (nSPS) is 24.2. The summed E-state index contributed by atoms with van der Waals surface area (Å²) in [6, 6.07) is 0. The molecule has 3 rings (SSSR count). The molecule has 1 aromatic heterocycles. The second-order valence-electron chi connectivity index (χ2n) is 4.32. The second kappa shape index (κ2) is 3.68. The van der Waals surface area contributed by atoms with Gasteiger partial charge in [-0.25, -0.2) is 0 Å². The zero-order valence-electron chi connectivity index (χ0n) is 8.28. The van der Waals surface area contributed by atoms with Gasteiger partial charge in [-0.15, -0.1) is 10.2 Å². The molecule has 82 valence electrons. The number of ether oxygens (including phenoxy) is 1. The second-order valence-corrected chi connectivity index (χ2v) is 6.55. The molecule has 2 aliphatic rings. The molecule has 2 aliphatic heterocycles. The average Bonchev–Trinajstić information content (AvgIpc) is 2.63. The minimum atomic E-state index is 0.498. The van der Waals surface area contributed by atoms with Crippen molar-refractivity contribution in [2.75, 3.05) is 31.2 Å². The number of nitrogens with zero attached hydrogens (tertiary/aromatic N) is 3. The molecule has 2 saturated heterocycles. The number of halogens is 1. The Morgan fingerprint density at radius 3 is 2.47 bits per heavy atom. The first kappa shape index (κ1) is 9.99. The van der Waals surface area contributed by atoms with Crippen LogP contribution in [0.5, 0.6) is 0 Å². The molecule has 0 aliphatic carbocycles. The van der Waals surface area contributed by atoms with E-state index in [4.69, 9.17) is 4.74 Å². The molecule has 0 amide bonds. The van der Waals surface area contributed by atoms with E-state index >= 15 is 0 Å². The highest BCUT2D eigenvalue weighted by atomic mass is 79.9. The minimum absolute atomic E-state index is 0.498. The van der Waals surface area contributed by atoms with E-state index in [9.17, 15) is 0 Å². The SMILES string of the molecule is Brc1nnc(N2CCC3(CC2)COC3)s1. The molecule has 0 bridgehead atoms. The predicted octanol–water partition coefficient (Wildman–Crippen LogP) is 1.92. The third-order valence-electron chi connectivity index (χ3n) is 3.30. The molecule has 0 atom stereocenters. The number of aromatic nitrogens is 2. The van der Waals surface area contributed by atoms with Crippen molar-refractivity contribution in [2.24, 2.45) is 5.41 Å². The van der Waals surface area contributed by atoms with Crippen LogP contribution in [-0.2, 0) is 4.74 Å². The lowest BCUT2D eigenvalue weighted by Gasteiger charge is -2.47. The van der Waals surface area contributed by atoms with Crippen LogP contribution < -0.4 is 4.90 Å². The zero-order valence-corrected chi connectivity index (χ0v) is 10.7. The van der Waals surface area contributed by atoms with Gasteiger partial charge >= 0.3 is 0 Å². The van der Waals surface area contributed by atoms with Crippen molar-refractivity contribution in [1.82, 2.24) is 10.2 Å². The van der Waals surface area contributed by atoms with Crippen molar-refractivity contribution in [1.29, 1.82) is 0 Å². The highest BCUT2D eigenvalue weighted by molar-refractivity contribution is 9.11. The maximum absolute atomic E-state index is 5.31. The molecule has 0 N–H and O–H groups in total. The zero-order chi connectivity index (χ0) is 10.3. The molecule has 0 aromatic carbocycles. The van der Waals surface area contributed by atoms with Crippen molar-refractivity contribution in [2.45, 2.75) is 12.8 Å². The van der Waals surface area contributed by atoms with Crippen LogP contribution in [0.3, 0.4) is 0 Å². The summed E-state index contributed by atoms with van der Waals surface area (Å²) < 4.78 is 6.17. The summed E-state index contributed by atoms with van der Waals surface area (Å²) >= 11 is 4.95. The molecular weight excluding hydrogens is 278 g/mol. The predicted molar refractivity (Wildman–Crippen MR) is 62.3 cm³/mol. The van der Waals surface area contributed by atoms with Crippen LogP contribution in [0, 0.1) is 5.41 Å². The Kier molecular flexibility index (Phi) is 2.45. The van der Waals surface area contributed by atoms with Crippen molar-refractivity contribution in [3.63, 3.8) is 0 Å². The Hall–Kier alpha value is -0.200. The highest BCUT2D eigenvalue weighted by Crippen LogP contribution is 2.40. The van der Waals surface area contributed by atoms with Crippen LogP contribution in [0.25, 0.3) is 0 Å². The molecular formula is C9H12BrN3OS. The van der Waals surface area contributed by atoms with E-state index in [1.54, 1.807) is 11.3 Å². The minimum Gasteiger partial charge on any atom is -0.380 e. The number of hydrogen-bond donors (Lipinski definition) is 0. The fraction of sp³-hybridized carbons (Fsp3) is 0.778. The molecule has 0 radical (unpaired) electrons. The third kappa shape index (κ3) is 1.79. The Morgan fingerprint density at radius 1 is 1.27 bits per heavy atom. The first-order valence-electron chi connectivity index (χ1n) is 5.09. The Bertz CT molecular complexity index is 356. The summed E-state index contributed by atoms with van der Waals surface area (Å²) in [5.74, 6) is 0. The smallest absolute Gasteiger partial charge is 0.209 e. The Balaban J connectivity index is 1.66. The van der Waals surface area contributed by atoms with Crippen LogP contribution >= 0.6 is 27.3 Å². The van der Waals surface area contributed by atoms with Crippen LogP contribution in [0.4, 0.5) is 5.13 Å². The standard InChI is InChI=1S/C9H12BrN3OS/c10-7-11-12-8(15-7)13-3-1-9(2-4-13)5-14-6-9/h1-6H2. The maximum Gasteiger partial charge on any atom is 0.209 e. The van der Waals surface area contributed by atoms with Gasteiger partial charge in [-0.05, 0) is 28.8 Å². The summed E-state index contributed by atoms with van der Waals surface area (Å²) in [5, 5.41) is 9.17. The van der Waals surface area contributed by atoms with Crippen molar-refractivity contribution >= 4 is 32.4 Å². The van der Waals surface area contributed by atoms with Gasteiger partial charge in [-0.1, -0.05) is 11.3 Å². The van der Waals surface area contributed by atoms with E-state index in [1.165, 1.54) is 12.8 Å². The number of hydrogen-bond acceptors (Lipinski definition) is 5. The monoisotopic (exact) mass is 289 g/mol. The van der Waals surface area contributed by atoms with Crippen molar-refractivity contribution in [3.8, 4) is 0 Å². The van der Waals surface area contributed by atoms with E-state index in [0.29, 0.717) is 5.41 Å². The van der Waals surface area contributed by atoms with Gasteiger partial charge in [-0.3, -0.25) is 0 Å². The summed E-state index contributed by atoms with van der Waals surface area (Å²) in [7, 11) is 0. The summed E-state index contributed by atoms with van der Waals surface area (Å²) in [4.78, 5) is 2.33. The molecule has 0 unspecified atom stereocenters. The van der Waals surface area contributed by atoms with Gasteiger partial charge in [0.1, 0.15) is 0 Å². The fourth-order valence-corrected chi connectivity index (χ4v) is 3.32. The Morgan fingerprint density at radius 2 is 2.00 bits per heavy atom. The van der Waals surface area contributed by atoms with E-state index < -0.39 is 0 Å². The van der Waals surface area contributed by atoms with Gasteiger partial charge in [0.2, 0.25) is 5.13 Å². The summed E-state index contributed by atoms with van der Waals surface area (Å²) in [6.07, 6.45) is 2.45. The van der Waals surface area contributed by atoms with Crippen LogP contribution in [0.1, 0.15) is 12.8 Å². The van der Waals surface area contributed by atoms with Gasteiger partial charge in [0.15, 0.2) is 3.92 Å². The molecule has 1 spiro atoms. The van der Waals surface area contributed by atoms with Crippen molar-refractivity contribution in [3.05, 3.63) is 3.92 Å². The first-order chi connectivity index (χ1) is 7.27. The molecule has 6 heteroatoms. The molecule has 1 aromatic rings. The molecule has 3 heterocycles. The highest BCUT2D eigenvalue weighted by Gasteiger charge is 2.41. The largest absolute Gasteiger partial charge is 0.380 e. The quantitative estimate of drug-likeness (QED) is 0.792. The van der Waals surface area contributed by atoms with Gasteiger partial charge in [-0.2, -0.15) is 0 Å². The van der Waals surface area contributed by atoms with E-state index in [0.717, 1.165) is 35.4 Å². The summed E-state index contributed by atoms with van der Waals surface area (Å²) in [5.41, 5.74) is 0.498. The van der Waals surface area contributed by atoms with Crippen LogP contribution in [0.15, 0.2) is 3.92 Å². The summed E-state index contributed by atoms with van der Waals surface area (Å²) in [6.45, 7) is 4.09. The lowest BCUT2D eigenvalue weighted by atomic mass is 9.77. The van der Waals surface area contributed by atoms with E-state index in [2.05, 4.69) is 31.0 Å². The molecule has 15 heavy (non-hydrogen) atoms. The first-order valence-corrected chi connectivity index (χ1v) is 6.70. The topological polar surface area (TPSA) is 38.2 Å². The van der Waals surface area contributed by atoms with Gasteiger partial charge in [0.25, 0.3) is 0 Å². The van der Waals surface area contributed by atoms with Crippen LogP contribution in [0.2, 0.25) is 0 Å². The van der Waals surface area contributed by atoms with Crippen molar-refractivity contribution < 1.29 is 4.74 Å². The number of rotatable bonds is 1. The van der Waals surface area contributed by atoms with Crippen LogP contribution in [-0.4, -0.2) is 36.5 Å². The van der Waals surface area contributed by atoms with E-state index in [-0.39, 0.29) is 0 Å². The van der Waals surface area contributed by atoms with Gasteiger partial charge in [0, 0.05) is 18.5 Å². The van der Waals surface area contributed by atoms with Gasteiger partial charge in [0.05, 0.1) is 13.2 Å². The Labute approximate surface area is 101 Å². The number of piperidine rings is 1. The lowest BCUT2D eigenvalue weighted by molar-refractivity contribution is -0.124. The fourth-order valence-electron chi connectivity index (χ4n) is 2.18. The van der Waals surface area contributed by atoms with E-state index in [1.807, 2.05) is 0 Å². The molecule has 4 nitrogen and oxygen atoms in total. The molecule has 2 fully saturated rings. The molecule has 0 saturated carbocycles.